The predicted octanol–water partition coefficient (Wildman–Crippen LogP) is 2.14. The maximum atomic E-state index is 10.7. The summed E-state index contributed by atoms with van der Waals surface area (Å²) in [6.07, 6.45) is -0.922. The fourth-order valence-corrected chi connectivity index (χ4v) is 0.394. The Kier molecular flexibility index (Phi) is 5.45. The van der Waals surface area contributed by atoms with Crippen molar-refractivity contribution in [3.8, 4) is 0 Å². The van der Waals surface area contributed by atoms with Crippen LogP contribution in [0.1, 0.15) is 27.7 Å². The molecule has 12 heavy (non-hydrogen) atoms. The van der Waals surface area contributed by atoms with Crippen molar-refractivity contribution in [3.05, 3.63) is 0 Å². The van der Waals surface area contributed by atoms with Crippen molar-refractivity contribution in [2.75, 3.05) is 6.61 Å². The lowest BCUT2D eigenvalue weighted by Gasteiger charge is -2.07. The molecule has 0 rings (SSSR count). The molecule has 0 saturated carbocycles. The summed E-state index contributed by atoms with van der Waals surface area (Å²) in [7, 11) is 0. The largest absolute Gasteiger partial charge is 0.540 e. The molecule has 4 nitrogen and oxygen atoms in total. The smallest absolute Gasteiger partial charge is 0.432 e. The molecule has 0 aliphatic carbocycles. The van der Waals surface area contributed by atoms with Crippen molar-refractivity contribution in [3.63, 3.8) is 0 Å². The average Bonchev–Trinajstić information content (AvgIpc) is 1.96. The minimum Gasteiger partial charge on any atom is -0.432 e. The maximum absolute atomic E-state index is 10.7. The Bertz CT molecular complexity index is 117. The summed E-state index contributed by atoms with van der Waals surface area (Å²) in [5, 5.41) is 0. The van der Waals surface area contributed by atoms with E-state index in [0.29, 0.717) is 12.5 Å². The summed E-state index contributed by atoms with van der Waals surface area (Å²) in [4.78, 5) is 19.5. The van der Waals surface area contributed by atoms with Crippen molar-refractivity contribution < 1.29 is 19.3 Å². The Balaban J connectivity index is 3.34. The van der Waals surface area contributed by atoms with Gasteiger partial charge in [0.05, 0.1) is 12.7 Å². The van der Waals surface area contributed by atoms with Crippen LogP contribution in [-0.2, 0) is 14.5 Å². The van der Waals surface area contributed by atoms with Crippen molar-refractivity contribution >= 4 is 6.16 Å². The SMILES string of the molecule is CC(C)COC(=O)OOC(C)C. The highest BCUT2D eigenvalue weighted by molar-refractivity contribution is 5.58. The van der Waals surface area contributed by atoms with E-state index in [0.717, 1.165) is 0 Å². The van der Waals surface area contributed by atoms with Crippen LogP contribution in [0.4, 0.5) is 4.79 Å². The van der Waals surface area contributed by atoms with Crippen molar-refractivity contribution in [1.82, 2.24) is 0 Å². The van der Waals surface area contributed by atoms with Crippen LogP contribution in [0.15, 0.2) is 0 Å². The Morgan fingerprint density at radius 3 is 2.25 bits per heavy atom. The van der Waals surface area contributed by atoms with Gasteiger partial charge in [0.15, 0.2) is 0 Å². The van der Waals surface area contributed by atoms with Gasteiger partial charge < -0.3 is 4.74 Å². The van der Waals surface area contributed by atoms with E-state index in [2.05, 4.69) is 14.5 Å². The molecule has 0 saturated heterocycles. The molecular formula is C8H16O4. The third-order valence-corrected chi connectivity index (χ3v) is 0.843. The molecule has 0 spiro atoms. The Morgan fingerprint density at radius 1 is 1.25 bits per heavy atom. The van der Waals surface area contributed by atoms with E-state index in [1.165, 1.54) is 0 Å². The molecule has 0 aliphatic rings. The van der Waals surface area contributed by atoms with Gasteiger partial charge in [-0.1, -0.05) is 13.8 Å². The molecule has 0 N–H and O–H groups in total. The first-order valence-electron chi connectivity index (χ1n) is 4.02. The van der Waals surface area contributed by atoms with Crippen LogP contribution >= 0.6 is 0 Å². The van der Waals surface area contributed by atoms with Gasteiger partial charge in [0.2, 0.25) is 0 Å². The number of hydrogen-bond donors (Lipinski definition) is 0. The summed E-state index contributed by atoms with van der Waals surface area (Å²) in [6, 6.07) is 0. The third-order valence-electron chi connectivity index (χ3n) is 0.843. The van der Waals surface area contributed by atoms with Crippen LogP contribution in [0.25, 0.3) is 0 Å². The van der Waals surface area contributed by atoms with E-state index in [-0.39, 0.29) is 6.10 Å². The number of rotatable bonds is 4. The Hall–Kier alpha value is -0.770. The first-order valence-corrected chi connectivity index (χ1v) is 4.02. The lowest BCUT2D eigenvalue weighted by molar-refractivity contribution is -0.278. The summed E-state index contributed by atoms with van der Waals surface area (Å²) in [5.41, 5.74) is 0. The first-order chi connectivity index (χ1) is 5.52. The van der Waals surface area contributed by atoms with Crippen LogP contribution in [0, 0.1) is 5.92 Å². The predicted molar refractivity (Wildman–Crippen MR) is 43.5 cm³/mol. The van der Waals surface area contributed by atoms with Gasteiger partial charge >= 0.3 is 6.16 Å². The van der Waals surface area contributed by atoms with Gasteiger partial charge in [-0.05, 0) is 19.8 Å². The molecule has 0 bridgehead atoms. The first kappa shape index (κ1) is 11.2. The number of carbonyl (C=O) groups is 1. The van der Waals surface area contributed by atoms with Crippen LogP contribution in [0.2, 0.25) is 0 Å². The molecule has 4 heteroatoms. The normalized spacial score (nSPS) is 10.5. The van der Waals surface area contributed by atoms with E-state index in [1.807, 2.05) is 13.8 Å². The van der Waals surface area contributed by atoms with Crippen molar-refractivity contribution in [2.45, 2.75) is 33.8 Å². The van der Waals surface area contributed by atoms with Crippen molar-refractivity contribution in [2.24, 2.45) is 5.92 Å². The highest BCUT2D eigenvalue weighted by Crippen LogP contribution is 1.96. The molecule has 0 aromatic heterocycles. The van der Waals surface area contributed by atoms with Gasteiger partial charge in [0.1, 0.15) is 0 Å². The van der Waals surface area contributed by atoms with Gasteiger partial charge in [-0.25, -0.2) is 4.79 Å². The highest BCUT2D eigenvalue weighted by atomic mass is 17.2. The monoisotopic (exact) mass is 176 g/mol. The summed E-state index contributed by atoms with van der Waals surface area (Å²) >= 11 is 0. The van der Waals surface area contributed by atoms with E-state index in [4.69, 9.17) is 0 Å². The third kappa shape index (κ3) is 7.34. The van der Waals surface area contributed by atoms with E-state index in [1.54, 1.807) is 13.8 Å². The molecule has 0 amide bonds. The maximum Gasteiger partial charge on any atom is 0.540 e. The second-order valence-corrected chi connectivity index (χ2v) is 3.18. The van der Waals surface area contributed by atoms with Crippen LogP contribution < -0.4 is 0 Å². The molecule has 72 valence electrons. The molecule has 0 atom stereocenters. The second-order valence-electron chi connectivity index (χ2n) is 3.18. The zero-order chi connectivity index (χ0) is 9.56. The number of hydrogen-bond acceptors (Lipinski definition) is 4. The van der Waals surface area contributed by atoms with Crippen LogP contribution in [-0.4, -0.2) is 18.9 Å². The average molecular weight is 176 g/mol. The zero-order valence-electron chi connectivity index (χ0n) is 7.99. The minimum atomic E-state index is -0.780. The molecular weight excluding hydrogens is 160 g/mol. The van der Waals surface area contributed by atoms with Crippen LogP contribution in [0.3, 0.4) is 0 Å². The second kappa shape index (κ2) is 5.83. The highest BCUT2D eigenvalue weighted by Gasteiger charge is 2.07. The standard InChI is InChI=1S/C8H16O4/c1-6(2)5-10-8(9)12-11-7(3)4/h6-7H,5H2,1-4H3. The zero-order valence-corrected chi connectivity index (χ0v) is 7.99. The van der Waals surface area contributed by atoms with E-state index < -0.39 is 6.16 Å². The molecule has 0 aromatic rings. The minimum absolute atomic E-state index is 0.142. The molecule has 0 heterocycles. The van der Waals surface area contributed by atoms with Gasteiger partial charge in [0, 0.05) is 0 Å². The molecule has 0 unspecified atom stereocenters. The summed E-state index contributed by atoms with van der Waals surface area (Å²) in [6.45, 7) is 7.75. The molecule has 0 radical (unpaired) electrons. The summed E-state index contributed by atoms with van der Waals surface area (Å²) in [5.74, 6) is 0.302. The van der Waals surface area contributed by atoms with Gasteiger partial charge in [-0.15, -0.1) is 0 Å². The lowest BCUT2D eigenvalue weighted by atomic mass is 10.2. The lowest BCUT2D eigenvalue weighted by Crippen LogP contribution is -2.14. The molecule has 0 aliphatic heterocycles. The summed E-state index contributed by atoms with van der Waals surface area (Å²) < 4.78 is 4.67. The Labute approximate surface area is 72.7 Å². The van der Waals surface area contributed by atoms with E-state index >= 15 is 0 Å². The van der Waals surface area contributed by atoms with Crippen molar-refractivity contribution in [1.29, 1.82) is 0 Å². The molecule has 0 fully saturated rings. The molecule has 0 aromatic carbocycles. The fourth-order valence-electron chi connectivity index (χ4n) is 0.394. The quantitative estimate of drug-likeness (QED) is 0.374. The van der Waals surface area contributed by atoms with Crippen LogP contribution in [0.5, 0.6) is 0 Å². The topological polar surface area (TPSA) is 44.8 Å². The number of carbonyl (C=O) groups excluding carboxylic acids is 1. The Morgan fingerprint density at radius 2 is 1.83 bits per heavy atom. The van der Waals surface area contributed by atoms with Gasteiger partial charge in [0.25, 0.3) is 0 Å². The fraction of sp³-hybridized carbons (Fsp3) is 0.875. The van der Waals surface area contributed by atoms with Gasteiger partial charge in [-0.3, -0.25) is 4.89 Å². The van der Waals surface area contributed by atoms with E-state index in [9.17, 15) is 4.79 Å². The number of ether oxygens (including phenoxy) is 1. The van der Waals surface area contributed by atoms with Gasteiger partial charge in [-0.2, -0.15) is 4.89 Å².